The summed E-state index contributed by atoms with van der Waals surface area (Å²) in [7, 11) is 0. The third-order valence-electron chi connectivity index (χ3n) is 3.21. The number of nitrogens with zero attached hydrogens (tertiary/aromatic N) is 1. The van der Waals surface area contributed by atoms with Crippen molar-refractivity contribution in [3.05, 3.63) is 69.5 Å². The second-order valence-electron chi connectivity index (χ2n) is 5.06. The maximum atomic E-state index is 13.6. The van der Waals surface area contributed by atoms with Crippen molar-refractivity contribution in [2.24, 2.45) is 5.73 Å². The predicted octanol–water partition coefficient (Wildman–Crippen LogP) is 3.27. The van der Waals surface area contributed by atoms with Gasteiger partial charge >= 0.3 is 6.03 Å². The molecule has 0 spiro atoms. The maximum absolute atomic E-state index is 13.6. The fourth-order valence-electron chi connectivity index (χ4n) is 1.99. The van der Waals surface area contributed by atoms with Gasteiger partial charge in [0.1, 0.15) is 29.8 Å². The van der Waals surface area contributed by atoms with Crippen molar-refractivity contribution in [1.82, 2.24) is 5.32 Å². The second-order valence-corrected chi connectivity index (χ2v) is 5.91. The van der Waals surface area contributed by atoms with Gasteiger partial charge in [0, 0.05) is 5.56 Å². The number of halogens is 2. The predicted molar refractivity (Wildman–Crippen MR) is 96.2 cm³/mol. The lowest BCUT2D eigenvalue weighted by Crippen LogP contribution is -2.35. The fraction of sp³-hybridized carbons (Fsp3) is 0.0556. The first kappa shape index (κ1) is 19.1. The molecule has 132 valence electrons. The van der Waals surface area contributed by atoms with Gasteiger partial charge in [-0.2, -0.15) is 5.26 Å². The van der Waals surface area contributed by atoms with Crippen LogP contribution >= 0.6 is 15.9 Å². The van der Waals surface area contributed by atoms with Crippen LogP contribution in [0.5, 0.6) is 5.75 Å². The number of carbonyl (C=O) groups excluding carboxylic acids is 2. The average Bonchev–Trinajstić information content (AvgIpc) is 2.59. The van der Waals surface area contributed by atoms with Crippen LogP contribution < -0.4 is 15.8 Å². The zero-order valence-corrected chi connectivity index (χ0v) is 14.9. The molecule has 26 heavy (non-hydrogen) atoms. The summed E-state index contributed by atoms with van der Waals surface area (Å²) in [6.45, 7) is 0.0465. The van der Waals surface area contributed by atoms with Crippen molar-refractivity contribution in [1.29, 1.82) is 5.26 Å². The van der Waals surface area contributed by atoms with Crippen LogP contribution in [0.4, 0.5) is 9.18 Å². The van der Waals surface area contributed by atoms with Crippen LogP contribution in [0.3, 0.4) is 0 Å². The number of ether oxygens (including phenoxy) is 1. The summed E-state index contributed by atoms with van der Waals surface area (Å²) in [5.41, 5.74) is 5.51. The van der Waals surface area contributed by atoms with Gasteiger partial charge in [0.25, 0.3) is 5.91 Å². The normalized spacial score (nSPS) is 10.7. The van der Waals surface area contributed by atoms with Crippen molar-refractivity contribution in [3.63, 3.8) is 0 Å². The molecule has 0 aromatic heterocycles. The van der Waals surface area contributed by atoms with E-state index in [1.165, 1.54) is 12.1 Å². The number of nitrogens with one attached hydrogen (secondary N) is 1. The van der Waals surface area contributed by atoms with Gasteiger partial charge in [0.05, 0.1) is 4.47 Å². The summed E-state index contributed by atoms with van der Waals surface area (Å²) in [5, 5.41) is 10.8. The molecule has 0 atom stereocenters. The summed E-state index contributed by atoms with van der Waals surface area (Å²) >= 11 is 3.32. The number of benzene rings is 2. The SMILES string of the molecule is N#C/C(=C/c1ccc(OCc2ccccc2F)c(Br)c1)C(=O)NC(N)=O. The number of carbonyl (C=O) groups is 2. The van der Waals surface area contributed by atoms with Gasteiger partial charge in [-0.15, -0.1) is 0 Å². The highest BCUT2D eigenvalue weighted by Gasteiger charge is 2.12. The molecule has 2 rings (SSSR count). The minimum atomic E-state index is -1.05. The second kappa shape index (κ2) is 8.78. The van der Waals surface area contributed by atoms with E-state index in [1.54, 1.807) is 42.5 Å². The molecule has 0 aliphatic rings. The molecule has 0 bridgehead atoms. The van der Waals surface area contributed by atoms with E-state index in [0.717, 1.165) is 0 Å². The molecule has 3 amide bonds. The fourth-order valence-corrected chi connectivity index (χ4v) is 2.50. The molecular weight excluding hydrogens is 405 g/mol. The molecule has 0 saturated heterocycles. The summed E-state index contributed by atoms with van der Waals surface area (Å²) in [5.74, 6) is -0.788. The number of hydrogen-bond acceptors (Lipinski definition) is 4. The van der Waals surface area contributed by atoms with E-state index in [-0.39, 0.29) is 18.0 Å². The van der Waals surface area contributed by atoms with Gasteiger partial charge in [0.2, 0.25) is 0 Å². The van der Waals surface area contributed by atoms with Gasteiger partial charge in [-0.1, -0.05) is 24.3 Å². The minimum Gasteiger partial charge on any atom is -0.488 e. The number of imide groups is 1. The average molecular weight is 418 g/mol. The van der Waals surface area contributed by atoms with Crippen molar-refractivity contribution < 1.29 is 18.7 Å². The molecule has 0 unspecified atom stereocenters. The number of nitriles is 1. The van der Waals surface area contributed by atoms with E-state index in [2.05, 4.69) is 15.9 Å². The van der Waals surface area contributed by atoms with Gasteiger partial charge in [-0.3, -0.25) is 10.1 Å². The smallest absolute Gasteiger partial charge is 0.319 e. The Labute approximate surface area is 157 Å². The lowest BCUT2D eigenvalue weighted by Gasteiger charge is -2.09. The monoisotopic (exact) mass is 417 g/mol. The quantitative estimate of drug-likeness (QED) is 0.574. The van der Waals surface area contributed by atoms with Crippen molar-refractivity contribution in [2.45, 2.75) is 6.61 Å². The van der Waals surface area contributed by atoms with Gasteiger partial charge < -0.3 is 10.5 Å². The molecule has 0 aliphatic heterocycles. The number of hydrogen-bond donors (Lipinski definition) is 2. The Hall–Kier alpha value is -3.18. The molecule has 6 nitrogen and oxygen atoms in total. The van der Waals surface area contributed by atoms with Crippen LogP contribution in [-0.4, -0.2) is 11.9 Å². The Morgan fingerprint density at radius 3 is 2.65 bits per heavy atom. The Bertz CT molecular complexity index is 922. The first-order valence-corrected chi connectivity index (χ1v) is 8.08. The van der Waals surface area contributed by atoms with Crippen LogP contribution in [0.15, 0.2) is 52.5 Å². The number of primary amides is 1. The first-order valence-electron chi connectivity index (χ1n) is 7.29. The standard InChI is InChI=1S/C18H13BrFN3O3/c19-14-8-11(7-13(9-21)17(24)23-18(22)25)5-6-16(14)26-10-12-3-1-2-4-15(12)20/h1-8H,10H2,(H3,22,23,24,25)/b13-7-. The largest absolute Gasteiger partial charge is 0.488 e. The van der Waals surface area contributed by atoms with Crippen LogP contribution in [0.25, 0.3) is 6.08 Å². The molecule has 0 heterocycles. The molecule has 0 aliphatic carbocycles. The Morgan fingerprint density at radius 2 is 2.04 bits per heavy atom. The molecule has 0 radical (unpaired) electrons. The van der Waals surface area contributed by atoms with Gasteiger partial charge in [-0.05, 0) is 45.8 Å². The number of nitrogens with two attached hydrogens (primary N) is 1. The molecule has 3 N–H and O–H groups in total. The molecule has 2 aromatic rings. The van der Waals surface area contributed by atoms with Gasteiger partial charge in [0.15, 0.2) is 0 Å². The van der Waals surface area contributed by atoms with Crippen LogP contribution in [0.1, 0.15) is 11.1 Å². The molecule has 2 aromatic carbocycles. The van der Waals surface area contributed by atoms with Crippen LogP contribution in [-0.2, 0) is 11.4 Å². The minimum absolute atomic E-state index is 0.0465. The zero-order valence-electron chi connectivity index (χ0n) is 13.3. The van der Waals surface area contributed by atoms with E-state index in [1.807, 2.05) is 5.32 Å². The van der Waals surface area contributed by atoms with Gasteiger partial charge in [-0.25, -0.2) is 9.18 Å². The number of urea groups is 1. The topological polar surface area (TPSA) is 105 Å². The highest BCUT2D eigenvalue weighted by Crippen LogP contribution is 2.28. The summed E-state index contributed by atoms with van der Waals surface area (Å²) in [4.78, 5) is 22.4. The van der Waals surface area contributed by atoms with Crippen LogP contribution in [0, 0.1) is 17.1 Å². The maximum Gasteiger partial charge on any atom is 0.319 e. The van der Waals surface area contributed by atoms with E-state index < -0.39 is 11.9 Å². The lowest BCUT2D eigenvalue weighted by molar-refractivity contribution is -0.115. The summed E-state index contributed by atoms with van der Waals surface area (Å²) in [6, 6.07) is 11.8. The Kier molecular flexibility index (Phi) is 6.47. The highest BCUT2D eigenvalue weighted by molar-refractivity contribution is 9.10. The molecule has 0 fully saturated rings. The number of amides is 3. The summed E-state index contributed by atoms with van der Waals surface area (Å²) < 4.78 is 19.7. The van der Waals surface area contributed by atoms with E-state index >= 15 is 0 Å². The lowest BCUT2D eigenvalue weighted by atomic mass is 10.1. The summed E-state index contributed by atoms with van der Waals surface area (Å²) in [6.07, 6.45) is 1.30. The third-order valence-corrected chi connectivity index (χ3v) is 3.83. The van der Waals surface area contributed by atoms with Crippen LogP contribution in [0.2, 0.25) is 0 Å². The molecule has 8 heteroatoms. The van der Waals surface area contributed by atoms with E-state index in [9.17, 15) is 14.0 Å². The third kappa shape index (κ3) is 5.16. The number of rotatable bonds is 5. The highest BCUT2D eigenvalue weighted by atomic mass is 79.9. The van der Waals surface area contributed by atoms with Crippen molar-refractivity contribution in [3.8, 4) is 11.8 Å². The molecular formula is C18H13BrFN3O3. The van der Waals surface area contributed by atoms with Crippen molar-refractivity contribution >= 4 is 33.9 Å². The van der Waals surface area contributed by atoms with E-state index in [4.69, 9.17) is 15.7 Å². The zero-order chi connectivity index (χ0) is 19.1. The van der Waals surface area contributed by atoms with Crippen molar-refractivity contribution in [2.75, 3.05) is 0 Å². The Morgan fingerprint density at radius 1 is 1.31 bits per heavy atom. The first-order chi connectivity index (χ1) is 12.4. The molecule has 0 saturated carbocycles. The Balaban J connectivity index is 2.15. The van der Waals surface area contributed by atoms with E-state index in [0.29, 0.717) is 21.3 Å².